The van der Waals surface area contributed by atoms with Crippen LogP contribution in [0.4, 0.5) is 5.69 Å². The lowest BCUT2D eigenvalue weighted by atomic mass is 9.90. The summed E-state index contributed by atoms with van der Waals surface area (Å²) in [7, 11) is -3.79. The number of fused-ring (bicyclic) bond motifs is 1. The molecule has 0 fully saturated rings. The first-order valence-corrected chi connectivity index (χ1v) is 12.1. The van der Waals surface area contributed by atoms with Gasteiger partial charge in [-0.3, -0.25) is 9.52 Å². The van der Waals surface area contributed by atoms with Gasteiger partial charge in [-0.25, -0.2) is 13.5 Å². The Bertz CT molecular complexity index is 1280. The van der Waals surface area contributed by atoms with E-state index < -0.39 is 10.0 Å². The molecule has 0 saturated carbocycles. The highest BCUT2D eigenvalue weighted by molar-refractivity contribution is 7.92. The van der Waals surface area contributed by atoms with Crippen LogP contribution in [0.25, 0.3) is 11.3 Å². The number of sulfonamides is 1. The van der Waals surface area contributed by atoms with Crippen LogP contribution in [0.3, 0.4) is 0 Å². The third-order valence-electron chi connectivity index (χ3n) is 5.88. The van der Waals surface area contributed by atoms with Crippen molar-refractivity contribution >= 4 is 15.7 Å². The van der Waals surface area contributed by atoms with Gasteiger partial charge in [0.2, 0.25) is 0 Å². The van der Waals surface area contributed by atoms with Crippen molar-refractivity contribution in [1.29, 1.82) is 0 Å². The molecule has 0 radical (unpaired) electrons. The zero-order valence-electron chi connectivity index (χ0n) is 18.0. The van der Waals surface area contributed by atoms with Crippen LogP contribution in [0.5, 0.6) is 0 Å². The molecule has 4 rings (SSSR count). The highest BCUT2D eigenvalue weighted by Gasteiger charge is 2.22. The van der Waals surface area contributed by atoms with E-state index in [4.69, 9.17) is 0 Å². The second kappa shape index (κ2) is 8.30. The average Bonchev–Trinajstić information content (AvgIpc) is 2.75. The largest absolute Gasteiger partial charge is 0.280 e. The first-order chi connectivity index (χ1) is 14.8. The fraction of sp³-hybridized carbons (Fsp3) is 0.333. The van der Waals surface area contributed by atoms with Crippen LogP contribution in [0.1, 0.15) is 54.9 Å². The Labute approximate surface area is 182 Å². The summed E-state index contributed by atoms with van der Waals surface area (Å²) in [5, 5.41) is 6.85. The van der Waals surface area contributed by atoms with Crippen molar-refractivity contribution < 1.29 is 8.42 Å². The van der Waals surface area contributed by atoms with Crippen molar-refractivity contribution in [2.24, 2.45) is 0 Å². The number of aromatic nitrogens is 2. The first kappa shape index (κ1) is 21.3. The van der Waals surface area contributed by atoms with Gasteiger partial charge in [-0.2, -0.15) is 5.10 Å². The standard InChI is InChI=1S/C24H27N3O3S/c1-15(2)17-10-12-19(13-11-17)27-31(29,30)22-14-18(9-8-16(22)3)23-20-6-4-5-7-21(20)24(28)26-25-23/h8-15,27H,4-7H2,1-3H3,(H,26,28). The molecule has 0 spiro atoms. The number of aromatic amines is 1. The van der Waals surface area contributed by atoms with Gasteiger partial charge in [0.25, 0.3) is 15.6 Å². The van der Waals surface area contributed by atoms with E-state index in [9.17, 15) is 13.2 Å². The highest BCUT2D eigenvalue weighted by atomic mass is 32.2. The van der Waals surface area contributed by atoms with Gasteiger partial charge in [-0.05, 0) is 73.4 Å². The van der Waals surface area contributed by atoms with Gasteiger partial charge < -0.3 is 0 Å². The van der Waals surface area contributed by atoms with Gasteiger partial charge in [0.05, 0.1) is 10.6 Å². The van der Waals surface area contributed by atoms with Gasteiger partial charge in [0, 0.05) is 16.8 Å². The Morgan fingerprint density at radius 2 is 1.68 bits per heavy atom. The second-order valence-electron chi connectivity index (χ2n) is 8.43. The van der Waals surface area contributed by atoms with Crippen LogP contribution in [0.2, 0.25) is 0 Å². The Hall–Kier alpha value is -2.93. The van der Waals surface area contributed by atoms with Gasteiger partial charge in [-0.15, -0.1) is 0 Å². The number of H-pyrrole nitrogens is 1. The van der Waals surface area contributed by atoms with E-state index in [0.29, 0.717) is 28.4 Å². The van der Waals surface area contributed by atoms with E-state index in [1.165, 1.54) is 0 Å². The summed E-state index contributed by atoms with van der Waals surface area (Å²) in [6.07, 6.45) is 3.48. The first-order valence-electron chi connectivity index (χ1n) is 10.6. The molecule has 0 atom stereocenters. The van der Waals surface area contributed by atoms with Crippen molar-refractivity contribution in [3.8, 4) is 11.3 Å². The van der Waals surface area contributed by atoms with E-state index in [1.54, 1.807) is 31.2 Å². The molecule has 1 aromatic heterocycles. The molecule has 0 aliphatic heterocycles. The monoisotopic (exact) mass is 437 g/mol. The van der Waals surface area contributed by atoms with Crippen molar-refractivity contribution in [2.45, 2.75) is 57.3 Å². The number of rotatable bonds is 5. The zero-order chi connectivity index (χ0) is 22.2. The van der Waals surface area contributed by atoms with Gasteiger partial charge >= 0.3 is 0 Å². The molecule has 1 aliphatic rings. The summed E-state index contributed by atoms with van der Waals surface area (Å²) in [5.74, 6) is 0.375. The molecule has 3 aromatic rings. The quantitative estimate of drug-likeness (QED) is 0.613. The highest BCUT2D eigenvalue weighted by Crippen LogP contribution is 2.31. The maximum Gasteiger partial charge on any atom is 0.267 e. The summed E-state index contributed by atoms with van der Waals surface area (Å²) in [5.41, 5.74) is 5.22. The lowest BCUT2D eigenvalue weighted by Crippen LogP contribution is -2.21. The fourth-order valence-corrected chi connectivity index (χ4v) is 5.41. The number of nitrogens with zero attached hydrogens (tertiary/aromatic N) is 1. The second-order valence-corrected chi connectivity index (χ2v) is 10.1. The predicted molar refractivity (Wildman–Crippen MR) is 123 cm³/mol. The minimum Gasteiger partial charge on any atom is -0.280 e. The summed E-state index contributed by atoms with van der Waals surface area (Å²) in [6.45, 7) is 5.96. The zero-order valence-corrected chi connectivity index (χ0v) is 18.8. The van der Waals surface area contributed by atoms with Crippen LogP contribution in [0.15, 0.2) is 52.2 Å². The van der Waals surface area contributed by atoms with E-state index in [0.717, 1.165) is 42.4 Å². The van der Waals surface area contributed by atoms with Gasteiger partial charge in [-0.1, -0.05) is 38.1 Å². The Morgan fingerprint density at radius 3 is 2.35 bits per heavy atom. The molecule has 162 valence electrons. The molecule has 7 heteroatoms. The van der Waals surface area contributed by atoms with Crippen molar-refractivity contribution in [3.05, 3.63) is 75.1 Å². The molecular formula is C24H27N3O3S. The maximum atomic E-state index is 13.2. The van der Waals surface area contributed by atoms with Crippen LogP contribution in [0, 0.1) is 6.92 Å². The number of aryl methyl sites for hydroxylation is 1. The smallest absolute Gasteiger partial charge is 0.267 e. The topological polar surface area (TPSA) is 91.9 Å². The third kappa shape index (κ3) is 4.28. The van der Waals surface area contributed by atoms with Gasteiger partial charge in [0.15, 0.2) is 0 Å². The number of hydrogen-bond acceptors (Lipinski definition) is 4. The summed E-state index contributed by atoms with van der Waals surface area (Å²) >= 11 is 0. The molecule has 6 nitrogen and oxygen atoms in total. The minimum atomic E-state index is -3.79. The average molecular weight is 438 g/mol. The number of nitrogens with one attached hydrogen (secondary N) is 2. The molecule has 0 unspecified atom stereocenters. The van der Waals surface area contributed by atoms with Gasteiger partial charge in [0.1, 0.15) is 0 Å². The van der Waals surface area contributed by atoms with Crippen molar-refractivity contribution in [1.82, 2.24) is 10.2 Å². The summed E-state index contributed by atoms with van der Waals surface area (Å²) in [6, 6.07) is 12.7. The lowest BCUT2D eigenvalue weighted by Gasteiger charge is -2.18. The normalized spacial score (nSPS) is 13.8. The summed E-state index contributed by atoms with van der Waals surface area (Å²) in [4.78, 5) is 12.4. The molecule has 0 saturated heterocycles. The number of hydrogen-bond donors (Lipinski definition) is 2. The van der Waals surface area contributed by atoms with Crippen molar-refractivity contribution in [2.75, 3.05) is 4.72 Å². The molecule has 2 N–H and O–H groups in total. The van der Waals surface area contributed by atoms with E-state index in [-0.39, 0.29) is 10.5 Å². The Morgan fingerprint density at radius 1 is 1.00 bits per heavy atom. The molecular weight excluding hydrogens is 410 g/mol. The predicted octanol–water partition coefficient (Wildman–Crippen LogP) is 4.55. The lowest BCUT2D eigenvalue weighted by molar-refractivity contribution is 0.600. The maximum absolute atomic E-state index is 13.2. The molecule has 31 heavy (non-hydrogen) atoms. The minimum absolute atomic E-state index is 0.148. The molecule has 2 aromatic carbocycles. The van der Waals surface area contributed by atoms with Crippen LogP contribution in [-0.4, -0.2) is 18.6 Å². The number of anilines is 1. The van der Waals surface area contributed by atoms with Crippen LogP contribution >= 0.6 is 0 Å². The van der Waals surface area contributed by atoms with Crippen LogP contribution in [-0.2, 0) is 22.9 Å². The summed E-state index contributed by atoms with van der Waals surface area (Å²) < 4.78 is 29.0. The Kier molecular flexibility index (Phi) is 5.71. The van der Waals surface area contributed by atoms with E-state index >= 15 is 0 Å². The number of benzene rings is 2. The Balaban J connectivity index is 1.72. The van der Waals surface area contributed by atoms with Crippen LogP contribution < -0.4 is 10.3 Å². The molecule has 0 amide bonds. The SMILES string of the molecule is Cc1ccc(-c2n[nH]c(=O)c3c2CCCC3)cc1S(=O)(=O)Nc1ccc(C(C)C)cc1. The third-order valence-corrected chi connectivity index (χ3v) is 7.40. The fourth-order valence-electron chi connectivity index (χ4n) is 4.08. The molecule has 1 heterocycles. The van der Waals surface area contributed by atoms with Crippen molar-refractivity contribution in [3.63, 3.8) is 0 Å². The van der Waals surface area contributed by atoms with E-state index in [2.05, 4.69) is 28.8 Å². The molecule has 1 aliphatic carbocycles. The van der Waals surface area contributed by atoms with E-state index in [1.807, 2.05) is 18.2 Å². The molecule has 0 bridgehead atoms.